The van der Waals surface area contributed by atoms with Gasteiger partial charge in [-0.05, 0) is 92.1 Å². The van der Waals surface area contributed by atoms with Gasteiger partial charge in [0.15, 0.2) is 0 Å². The van der Waals surface area contributed by atoms with E-state index in [0.717, 1.165) is 62.1 Å². The Hall–Kier alpha value is -2.54. The Labute approximate surface area is 204 Å². The standard InChI is InChI=1S/C28H32F3NO3/c1-18-5-8-25(28(29,30)31)21(11-18)16-32-10-9-27(17-32)14-23(15-27)35-22-4-2-3-20(12-22)24(13-26(33)34)19-6-7-19/h2-5,8,11-12,19,23-24H,6-7,9-10,13-17H2,1H3,(H,33,34)/t23?,24-,27?/m0/s1. The summed E-state index contributed by atoms with van der Waals surface area (Å²) < 4.78 is 46.6. The van der Waals surface area contributed by atoms with E-state index in [1.54, 1.807) is 6.07 Å². The van der Waals surface area contributed by atoms with Crippen LogP contribution < -0.4 is 4.74 Å². The summed E-state index contributed by atoms with van der Waals surface area (Å²) in [5, 5.41) is 9.29. The second-order valence-electron chi connectivity index (χ2n) is 10.9. The second-order valence-corrected chi connectivity index (χ2v) is 10.9. The normalized spacial score (nSPS) is 25.4. The van der Waals surface area contributed by atoms with Gasteiger partial charge in [-0.25, -0.2) is 0 Å². The minimum Gasteiger partial charge on any atom is -0.490 e. The maximum absolute atomic E-state index is 13.5. The quantitative estimate of drug-likeness (QED) is 0.467. The van der Waals surface area contributed by atoms with Crippen LogP contribution in [0.2, 0.25) is 0 Å². The monoisotopic (exact) mass is 487 g/mol. The fourth-order valence-electron chi connectivity index (χ4n) is 6.11. The molecule has 188 valence electrons. The summed E-state index contributed by atoms with van der Waals surface area (Å²) in [6.45, 7) is 3.73. The third-order valence-corrected chi connectivity index (χ3v) is 7.97. The summed E-state index contributed by atoms with van der Waals surface area (Å²) in [7, 11) is 0. The zero-order chi connectivity index (χ0) is 24.8. The third-order valence-electron chi connectivity index (χ3n) is 7.97. The van der Waals surface area contributed by atoms with Crippen molar-refractivity contribution in [1.29, 1.82) is 0 Å². The Balaban J connectivity index is 1.18. The summed E-state index contributed by atoms with van der Waals surface area (Å²) in [4.78, 5) is 13.5. The Bertz CT molecular complexity index is 1090. The molecule has 4 nitrogen and oxygen atoms in total. The first-order valence-corrected chi connectivity index (χ1v) is 12.5. The molecular formula is C28H32F3NO3. The average molecular weight is 488 g/mol. The molecule has 0 amide bonds. The number of halogens is 3. The first-order chi connectivity index (χ1) is 16.6. The molecule has 0 bridgehead atoms. The molecule has 2 aromatic rings. The molecule has 35 heavy (non-hydrogen) atoms. The number of nitrogens with zero attached hydrogens (tertiary/aromatic N) is 1. The molecule has 7 heteroatoms. The van der Waals surface area contributed by atoms with Crippen LogP contribution in [-0.4, -0.2) is 35.2 Å². The van der Waals surface area contributed by atoms with Crippen molar-refractivity contribution in [3.8, 4) is 5.75 Å². The topological polar surface area (TPSA) is 49.8 Å². The van der Waals surface area contributed by atoms with Crippen molar-refractivity contribution in [2.45, 2.75) is 70.2 Å². The Morgan fingerprint density at radius 1 is 1.20 bits per heavy atom. The maximum Gasteiger partial charge on any atom is 0.416 e. The minimum atomic E-state index is -4.34. The molecule has 1 saturated heterocycles. The van der Waals surface area contributed by atoms with Crippen LogP contribution >= 0.6 is 0 Å². The average Bonchev–Trinajstić information content (AvgIpc) is 3.51. The lowest BCUT2D eigenvalue weighted by Crippen LogP contribution is -2.45. The molecule has 3 fully saturated rings. The molecule has 1 spiro atoms. The molecule has 1 atom stereocenters. The van der Waals surface area contributed by atoms with Gasteiger partial charge in [0.2, 0.25) is 0 Å². The van der Waals surface area contributed by atoms with Crippen LogP contribution in [0.25, 0.3) is 0 Å². The number of aliphatic carboxylic acids is 1. The van der Waals surface area contributed by atoms with Gasteiger partial charge in [0.1, 0.15) is 5.75 Å². The highest BCUT2D eigenvalue weighted by Crippen LogP contribution is 2.50. The van der Waals surface area contributed by atoms with Crippen LogP contribution in [0.4, 0.5) is 13.2 Å². The van der Waals surface area contributed by atoms with Crippen molar-refractivity contribution < 1.29 is 27.8 Å². The molecule has 1 heterocycles. The highest BCUT2D eigenvalue weighted by atomic mass is 19.4. The highest BCUT2D eigenvalue weighted by Gasteiger charge is 2.49. The lowest BCUT2D eigenvalue weighted by atomic mass is 9.66. The Morgan fingerprint density at radius 3 is 2.66 bits per heavy atom. The van der Waals surface area contributed by atoms with E-state index in [2.05, 4.69) is 4.90 Å². The zero-order valence-corrected chi connectivity index (χ0v) is 20.0. The lowest BCUT2D eigenvalue weighted by Gasteiger charge is -2.45. The molecule has 1 aliphatic heterocycles. The number of aryl methyl sites for hydroxylation is 1. The van der Waals surface area contributed by atoms with Gasteiger partial charge in [0, 0.05) is 13.1 Å². The van der Waals surface area contributed by atoms with Gasteiger partial charge >= 0.3 is 12.1 Å². The number of likely N-dealkylation sites (tertiary alicyclic amines) is 1. The predicted octanol–water partition coefficient (Wildman–Crippen LogP) is 6.42. The predicted molar refractivity (Wildman–Crippen MR) is 126 cm³/mol. The highest BCUT2D eigenvalue weighted by molar-refractivity contribution is 5.68. The van der Waals surface area contributed by atoms with Gasteiger partial charge in [-0.1, -0.05) is 29.8 Å². The summed E-state index contributed by atoms with van der Waals surface area (Å²) in [6, 6.07) is 12.2. The van der Waals surface area contributed by atoms with Crippen LogP contribution in [0, 0.1) is 18.3 Å². The number of carbonyl (C=O) groups is 1. The van der Waals surface area contributed by atoms with Crippen molar-refractivity contribution in [3.05, 3.63) is 64.7 Å². The van der Waals surface area contributed by atoms with E-state index in [1.807, 2.05) is 31.2 Å². The van der Waals surface area contributed by atoms with Crippen molar-refractivity contribution in [1.82, 2.24) is 4.90 Å². The van der Waals surface area contributed by atoms with E-state index in [0.29, 0.717) is 18.0 Å². The molecule has 0 aromatic heterocycles. The van der Waals surface area contributed by atoms with Gasteiger partial charge < -0.3 is 9.84 Å². The Kier molecular flexibility index (Phi) is 6.32. The fraction of sp³-hybridized carbons (Fsp3) is 0.536. The molecule has 2 aliphatic carbocycles. The number of ether oxygens (including phenoxy) is 1. The van der Waals surface area contributed by atoms with E-state index in [9.17, 15) is 23.1 Å². The van der Waals surface area contributed by atoms with E-state index in [-0.39, 0.29) is 23.9 Å². The van der Waals surface area contributed by atoms with Crippen LogP contribution in [0.1, 0.15) is 66.7 Å². The van der Waals surface area contributed by atoms with Crippen LogP contribution in [-0.2, 0) is 17.5 Å². The molecule has 1 N–H and O–H groups in total. The molecule has 0 unspecified atom stereocenters. The number of rotatable bonds is 8. The van der Waals surface area contributed by atoms with Gasteiger partial charge in [-0.3, -0.25) is 9.69 Å². The van der Waals surface area contributed by atoms with Gasteiger partial charge in [-0.15, -0.1) is 0 Å². The SMILES string of the molecule is Cc1ccc(C(F)(F)F)c(CN2CCC3(CC(Oc4cccc([C@@H](CC(=O)O)C5CC5)c4)C3)C2)c1. The summed E-state index contributed by atoms with van der Waals surface area (Å²) in [5.74, 6) is 0.496. The van der Waals surface area contributed by atoms with Crippen molar-refractivity contribution in [2.75, 3.05) is 13.1 Å². The van der Waals surface area contributed by atoms with E-state index in [1.165, 1.54) is 12.1 Å². The van der Waals surface area contributed by atoms with Gasteiger partial charge in [0.05, 0.1) is 18.1 Å². The zero-order valence-electron chi connectivity index (χ0n) is 20.0. The second kappa shape index (κ2) is 9.16. The van der Waals surface area contributed by atoms with Crippen LogP contribution in [0.5, 0.6) is 5.75 Å². The number of alkyl halides is 3. The molecule has 2 saturated carbocycles. The van der Waals surface area contributed by atoms with E-state index in [4.69, 9.17) is 4.74 Å². The molecule has 5 rings (SSSR count). The largest absolute Gasteiger partial charge is 0.490 e. The summed E-state index contributed by atoms with van der Waals surface area (Å²) >= 11 is 0. The summed E-state index contributed by atoms with van der Waals surface area (Å²) in [5.41, 5.74) is 1.81. The van der Waals surface area contributed by atoms with Gasteiger partial charge in [0.25, 0.3) is 0 Å². The molecule has 2 aromatic carbocycles. The van der Waals surface area contributed by atoms with Crippen molar-refractivity contribution in [3.63, 3.8) is 0 Å². The van der Waals surface area contributed by atoms with Gasteiger partial charge in [-0.2, -0.15) is 13.2 Å². The fourth-order valence-corrected chi connectivity index (χ4v) is 6.11. The van der Waals surface area contributed by atoms with Crippen molar-refractivity contribution in [2.24, 2.45) is 11.3 Å². The molecule has 3 aliphatic rings. The van der Waals surface area contributed by atoms with Crippen LogP contribution in [0.3, 0.4) is 0 Å². The number of benzene rings is 2. The van der Waals surface area contributed by atoms with Crippen LogP contribution in [0.15, 0.2) is 42.5 Å². The number of carboxylic acid groups (broad SMARTS) is 1. The van der Waals surface area contributed by atoms with E-state index >= 15 is 0 Å². The first-order valence-electron chi connectivity index (χ1n) is 12.5. The molecule has 0 radical (unpaired) electrons. The van der Waals surface area contributed by atoms with E-state index < -0.39 is 17.7 Å². The Morgan fingerprint density at radius 2 is 1.97 bits per heavy atom. The smallest absolute Gasteiger partial charge is 0.416 e. The number of hydrogen-bond donors (Lipinski definition) is 1. The lowest BCUT2D eigenvalue weighted by molar-refractivity contribution is -0.139. The number of carboxylic acids is 1. The number of hydrogen-bond acceptors (Lipinski definition) is 3. The third kappa shape index (κ3) is 5.50. The minimum absolute atomic E-state index is 0.0374. The maximum atomic E-state index is 13.5. The van der Waals surface area contributed by atoms with Crippen molar-refractivity contribution >= 4 is 5.97 Å². The first kappa shape index (κ1) is 24.2. The summed E-state index contributed by atoms with van der Waals surface area (Å²) in [6.07, 6.45) is 0.830. The molecular weight excluding hydrogens is 455 g/mol.